The Bertz CT molecular complexity index is 29.9. The molecule has 0 saturated heterocycles. The summed E-state index contributed by atoms with van der Waals surface area (Å²) in [7, 11) is -3.12. The van der Waals surface area contributed by atoms with Crippen LogP contribution in [0.3, 0.4) is 0 Å². The van der Waals surface area contributed by atoms with Gasteiger partial charge in [0.05, 0.1) is 0 Å². The average molecular weight is 86.9 g/mol. The van der Waals surface area contributed by atoms with Crippen LogP contribution in [0.1, 0.15) is 0 Å². The first kappa shape index (κ1) is 9.15. The van der Waals surface area contributed by atoms with Crippen LogP contribution in [0.5, 0.6) is 0 Å². The predicted octanol–water partition coefficient (Wildman–Crippen LogP) is -4.00. The van der Waals surface area contributed by atoms with Gasteiger partial charge in [-0.05, 0) is 4.57 Å². The van der Waals surface area contributed by atoms with E-state index in [0.717, 1.165) is 0 Å². The Morgan fingerprint density at radius 1 is 1.80 bits per heavy atom. The zero-order chi connectivity index (χ0) is 3.58. The second kappa shape index (κ2) is 4.62. The molecule has 1 unspecified atom stereocenters. The van der Waals surface area contributed by atoms with Crippen molar-refractivity contribution in [1.82, 2.24) is 0 Å². The Kier molecular flexibility index (Phi) is 8.45. The molecule has 5 heteroatoms. The van der Waals surface area contributed by atoms with Crippen LogP contribution in [0.25, 0.3) is 0 Å². The SMILES string of the molecule is O=[P+]([O-])O.[Li+]. The van der Waals surface area contributed by atoms with Crippen molar-refractivity contribution in [2.45, 2.75) is 0 Å². The molecule has 0 amide bonds. The maximum atomic E-state index is 8.59. The van der Waals surface area contributed by atoms with Gasteiger partial charge < -0.3 is 4.89 Å². The molecule has 0 aromatic carbocycles. The Labute approximate surface area is 42.1 Å². The molecule has 1 N–H and O–H groups in total. The molecular weight excluding hydrogens is 85.9 g/mol. The van der Waals surface area contributed by atoms with Gasteiger partial charge in [0.2, 0.25) is 0 Å². The van der Waals surface area contributed by atoms with Crippen LogP contribution < -0.4 is 23.8 Å². The molecule has 0 aliphatic carbocycles. The zero-order valence-corrected chi connectivity index (χ0v) is 3.61. The molecule has 5 heavy (non-hydrogen) atoms. The van der Waals surface area contributed by atoms with Gasteiger partial charge >= 0.3 is 27.1 Å². The quantitative estimate of drug-likeness (QED) is 0.242. The van der Waals surface area contributed by atoms with Crippen molar-refractivity contribution in [2.75, 3.05) is 0 Å². The van der Waals surface area contributed by atoms with E-state index in [4.69, 9.17) is 14.4 Å². The minimum absolute atomic E-state index is 0. The molecule has 0 radical (unpaired) electrons. The third kappa shape index (κ3) is 83.0. The summed E-state index contributed by atoms with van der Waals surface area (Å²) in [5, 5.41) is 0. The van der Waals surface area contributed by atoms with Crippen molar-refractivity contribution in [3.8, 4) is 0 Å². The van der Waals surface area contributed by atoms with E-state index < -0.39 is 8.25 Å². The van der Waals surface area contributed by atoms with Gasteiger partial charge in [-0.25, -0.2) is 0 Å². The molecule has 0 aromatic heterocycles. The zero-order valence-electron chi connectivity index (χ0n) is 2.71. The Morgan fingerprint density at radius 3 is 1.80 bits per heavy atom. The van der Waals surface area contributed by atoms with Crippen molar-refractivity contribution in [1.29, 1.82) is 0 Å². The third-order valence-electron chi connectivity index (χ3n) is 0. The van der Waals surface area contributed by atoms with Gasteiger partial charge in [-0.2, -0.15) is 4.89 Å². The van der Waals surface area contributed by atoms with E-state index in [1.54, 1.807) is 0 Å². The van der Waals surface area contributed by atoms with Crippen LogP contribution in [0.15, 0.2) is 0 Å². The molecule has 3 nitrogen and oxygen atoms in total. The summed E-state index contributed by atoms with van der Waals surface area (Å²) in [5.41, 5.74) is 0. The third-order valence-corrected chi connectivity index (χ3v) is 0. The molecule has 0 aromatic rings. The first-order valence-electron chi connectivity index (χ1n) is 0.565. The summed E-state index contributed by atoms with van der Waals surface area (Å²) in [6, 6.07) is 0. The van der Waals surface area contributed by atoms with Crippen molar-refractivity contribution in [3.63, 3.8) is 0 Å². The maximum absolute atomic E-state index is 8.59. The monoisotopic (exact) mass is 87.0 g/mol. The largest absolute Gasteiger partial charge is 1.00 e. The van der Waals surface area contributed by atoms with Crippen molar-refractivity contribution >= 4 is 8.25 Å². The smallest absolute Gasteiger partial charge is 0.567 e. The summed E-state index contributed by atoms with van der Waals surface area (Å²) < 4.78 is 8.59. The predicted molar refractivity (Wildman–Crippen MR) is 9.83 cm³/mol. The fraction of sp³-hybridized carbons (Fsp3) is 0. The van der Waals surface area contributed by atoms with E-state index in [-0.39, 0.29) is 18.9 Å². The van der Waals surface area contributed by atoms with Crippen LogP contribution in [0.4, 0.5) is 0 Å². The molecule has 24 valence electrons. The summed E-state index contributed by atoms with van der Waals surface area (Å²) >= 11 is 0. The van der Waals surface area contributed by atoms with Gasteiger partial charge in [0, 0.05) is 0 Å². The van der Waals surface area contributed by atoms with Gasteiger partial charge in [0.15, 0.2) is 0 Å². The second-order valence-corrected chi connectivity index (χ2v) is 0.714. The van der Waals surface area contributed by atoms with Crippen molar-refractivity contribution in [2.24, 2.45) is 0 Å². The van der Waals surface area contributed by atoms with Gasteiger partial charge in [0.25, 0.3) is 0 Å². The molecule has 0 heterocycles. The van der Waals surface area contributed by atoms with Crippen molar-refractivity contribution < 1.29 is 33.2 Å². The maximum Gasteiger partial charge on any atom is 1.00 e. The van der Waals surface area contributed by atoms with E-state index in [2.05, 4.69) is 0 Å². The molecule has 0 aliphatic heterocycles. The standard InChI is InChI=1S/Li.HO3P/c;1-4(2)3/h;(H,1,2,3)/q+1;. The van der Waals surface area contributed by atoms with Crippen LogP contribution in [-0.4, -0.2) is 4.89 Å². The minimum atomic E-state index is -3.12. The van der Waals surface area contributed by atoms with E-state index >= 15 is 0 Å². The first-order chi connectivity index (χ1) is 1.73. The van der Waals surface area contributed by atoms with E-state index in [0.29, 0.717) is 0 Å². The molecule has 0 fully saturated rings. The molecular formula is HLiO3P+. The fourth-order valence-electron chi connectivity index (χ4n) is 0. The van der Waals surface area contributed by atoms with E-state index in [1.165, 1.54) is 0 Å². The summed E-state index contributed by atoms with van der Waals surface area (Å²) in [6.45, 7) is 0. The number of hydrogen-bond donors (Lipinski definition) is 1. The van der Waals surface area contributed by atoms with Gasteiger partial charge in [-0.1, -0.05) is 0 Å². The van der Waals surface area contributed by atoms with Crippen LogP contribution in [-0.2, 0) is 4.57 Å². The summed E-state index contributed by atoms with van der Waals surface area (Å²) in [6.07, 6.45) is 0. The molecule has 0 spiro atoms. The van der Waals surface area contributed by atoms with Crippen LogP contribution in [0.2, 0.25) is 0 Å². The van der Waals surface area contributed by atoms with Crippen LogP contribution in [0, 0.1) is 0 Å². The molecule has 0 aliphatic rings. The van der Waals surface area contributed by atoms with Gasteiger partial charge in [0.1, 0.15) is 0 Å². The Balaban J connectivity index is 0. The molecule has 0 rings (SSSR count). The normalized spacial score (nSPS) is 8.80. The van der Waals surface area contributed by atoms with Gasteiger partial charge in [-0.3, -0.25) is 0 Å². The molecule has 0 bridgehead atoms. The number of rotatable bonds is 0. The molecule has 1 atom stereocenters. The topological polar surface area (TPSA) is 60.4 Å². The second-order valence-electron chi connectivity index (χ2n) is 0.238. The first-order valence-corrected chi connectivity index (χ1v) is 1.70. The fourth-order valence-corrected chi connectivity index (χ4v) is 0. The average Bonchev–Trinajstić information content (AvgIpc) is 0.811. The Hall–Kier alpha value is 0.617. The Morgan fingerprint density at radius 2 is 1.80 bits per heavy atom. The van der Waals surface area contributed by atoms with Crippen molar-refractivity contribution in [3.05, 3.63) is 0 Å². The molecule has 0 saturated carbocycles. The minimum Gasteiger partial charge on any atom is -0.567 e. The summed E-state index contributed by atoms with van der Waals surface area (Å²) in [4.78, 5) is 15.6. The van der Waals surface area contributed by atoms with Gasteiger partial charge in [-0.15, -0.1) is 0 Å². The van der Waals surface area contributed by atoms with Crippen LogP contribution >= 0.6 is 8.25 Å². The van der Waals surface area contributed by atoms with E-state index in [9.17, 15) is 0 Å². The number of hydrogen-bond acceptors (Lipinski definition) is 2. The van der Waals surface area contributed by atoms with E-state index in [1.807, 2.05) is 0 Å². The summed E-state index contributed by atoms with van der Waals surface area (Å²) in [5.74, 6) is 0.